The van der Waals surface area contributed by atoms with Crippen molar-refractivity contribution < 1.29 is 19.1 Å². The molecule has 0 aliphatic carbocycles. The average Bonchev–Trinajstić information content (AvgIpc) is 3.19. The Hall–Kier alpha value is -1.99. The summed E-state index contributed by atoms with van der Waals surface area (Å²) in [5, 5.41) is 0. The van der Waals surface area contributed by atoms with Gasteiger partial charge in [-0.1, -0.05) is 76.1 Å². The second kappa shape index (κ2) is 16.8. The molecule has 0 amide bonds. The van der Waals surface area contributed by atoms with Crippen LogP contribution in [0.2, 0.25) is 11.8 Å². The first-order chi connectivity index (χ1) is 17.9. The van der Waals surface area contributed by atoms with Crippen LogP contribution in [0.25, 0.3) is 16.9 Å². The number of aryl methyl sites for hydroxylation is 4. The molecule has 3 rings (SSSR count). The molecule has 1 aliphatic heterocycles. The van der Waals surface area contributed by atoms with Gasteiger partial charge in [-0.2, -0.15) is 0 Å². The summed E-state index contributed by atoms with van der Waals surface area (Å²) in [7, 11) is 0. The first-order valence-electron chi connectivity index (χ1n) is 14.3. The monoisotopic (exact) mass is 544 g/mol. The van der Waals surface area contributed by atoms with Crippen molar-refractivity contribution >= 4 is 11.4 Å². The van der Waals surface area contributed by atoms with Crippen LogP contribution in [0.5, 0.6) is 0 Å². The van der Waals surface area contributed by atoms with E-state index in [1.54, 1.807) is 14.4 Å². The maximum atomic E-state index is 11.5. The van der Waals surface area contributed by atoms with Crippen molar-refractivity contribution in [3.8, 4) is 0 Å². The van der Waals surface area contributed by atoms with E-state index < -0.39 is 0 Å². The Balaban J connectivity index is 0.00000153. The van der Waals surface area contributed by atoms with Crippen molar-refractivity contribution in [2.75, 3.05) is 0 Å². The van der Waals surface area contributed by atoms with E-state index in [1.807, 2.05) is 0 Å². The molecule has 2 nitrogen and oxygen atoms in total. The molecule has 0 N–H and O–H groups in total. The molecule has 2 aromatic carbocycles. The second-order valence-electron chi connectivity index (χ2n) is 10.5. The van der Waals surface area contributed by atoms with Crippen molar-refractivity contribution in [3.05, 3.63) is 87.0 Å². The summed E-state index contributed by atoms with van der Waals surface area (Å²) in [6.45, 7) is 11.1. The SMILES string of the molecule is CCCCCc1cc(C)cc(C2=CC(CCCC)=C(c3cc(C)cc(CCCCC)c3)[N+]2=[N-])c1.[CH3][Ni][CH3]. The van der Waals surface area contributed by atoms with Gasteiger partial charge < -0.3 is 5.53 Å². The number of rotatable bonds is 13. The number of benzene rings is 2. The fourth-order valence-electron chi connectivity index (χ4n) is 5.08. The van der Waals surface area contributed by atoms with E-state index in [0.29, 0.717) is 0 Å². The summed E-state index contributed by atoms with van der Waals surface area (Å²) in [5.41, 5.74) is 22.2. The number of allylic oxidation sites excluding steroid dienone is 2. The average molecular weight is 545 g/mol. The zero-order valence-corrected chi connectivity index (χ0v) is 25.5. The van der Waals surface area contributed by atoms with Crippen LogP contribution in [-0.2, 0) is 27.3 Å². The third-order valence-corrected chi connectivity index (χ3v) is 6.84. The van der Waals surface area contributed by atoms with E-state index >= 15 is 0 Å². The van der Waals surface area contributed by atoms with Crippen molar-refractivity contribution in [2.24, 2.45) is 0 Å². The summed E-state index contributed by atoms with van der Waals surface area (Å²) in [4.78, 5) is 0. The zero-order chi connectivity index (χ0) is 27.2. The van der Waals surface area contributed by atoms with E-state index in [4.69, 9.17) is 0 Å². The molecule has 0 atom stereocenters. The van der Waals surface area contributed by atoms with Crippen LogP contribution in [0, 0.1) is 13.8 Å². The summed E-state index contributed by atoms with van der Waals surface area (Å²) in [6.07, 6.45) is 15.1. The van der Waals surface area contributed by atoms with Crippen molar-refractivity contribution in [1.29, 1.82) is 0 Å². The van der Waals surface area contributed by atoms with Crippen LogP contribution < -0.4 is 0 Å². The summed E-state index contributed by atoms with van der Waals surface area (Å²) >= 11 is 1.62. The van der Waals surface area contributed by atoms with Gasteiger partial charge >= 0.3 is 26.2 Å². The molecule has 0 fully saturated rings. The van der Waals surface area contributed by atoms with Gasteiger partial charge in [0, 0.05) is 22.8 Å². The Morgan fingerprint density at radius 3 is 1.65 bits per heavy atom. The van der Waals surface area contributed by atoms with Gasteiger partial charge in [-0.3, -0.25) is 0 Å². The number of unbranched alkanes of at least 4 members (excludes halogenated alkanes) is 5. The van der Waals surface area contributed by atoms with Crippen LogP contribution in [0.15, 0.2) is 48.0 Å². The van der Waals surface area contributed by atoms with Crippen LogP contribution in [0.3, 0.4) is 0 Å². The molecule has 2 aromatic rings. The Bertz CT molecular complexity index is 1080. The Labute approximate surface area is 234 Å². The molecular weight excluding hydrogens is 495 g/mol. The fourth-order valence-corrected chi connectivity index (χ4v) is 5.08. The van der Waals surface area contributed by atoms with Crippen LogP contribution in [-0.4, -0.2) is 4.70 Å². The summed E-state index contributed by atoms with van der Waals surface area (Å²) in [5.74, 6) is 4.12. The van der Waals surface area contributed by atoms with E-state index in [9.17, 15) is 5.53 Å². The zero-order valence-electron chi connectivity index (χ0n) is 24.5. The predicted molar refractivity (Wildman–Crippen MR) is 159 cm³/mol. The van der Waals surface area contributed by atoms with E-state index in [2.05, 4.69) is 88.9 Å². The van der Waals surface area contributed by atoms with Gasteiger partial charge in [0.05, 0.1) is 0 Å². The van der Waals surface area contributed by atoms with E-state index in [-0.39, 0.29) is 0 Å². The van der Waals surface area contributed by atoms with Crippen molar-refractivity contribution in [3.63, 3.8) is 0 Å². The molecule has 0 aromatic heterocycles. The van der Waals surface area contributed by atoms with E-state index in [0.717, 1.165) is 54.6 Å². The summed E-state index contributed by atoms with van der Waals surface area (Å²) < 4.78 is 1.47. The first-order valence-corrected chi connectivity index (χ1v) is 16.2. The van der Waals surface area contributed by atoms with Gasteiger partial charge in [0.25, 0.3) is 0 Å². The topological polar surface area (TPSA) is 25.3 Å². The molecule has 0 unspecified atom stereocenters. The first kappa shape index (κ1) is 31.2. The molecule has 37 heavy (non-hydrogen) atoms. The fraction of sp³-hybridized carbons (Fsp3) is 0.529. The Morgan fingerprint density at radius 2 is 1.14 bits per heavy atom. The van der Waals surface area contributed by atoms with Crippen LogP contribution in [0.1, 0.15) is 112 Å². The van der Waals surface area contributed by atoms with Gasteiger partial charge in [-0.05, 0) is 87.8 Å². The number of hydrogen-bond acceptors (Lipinski definition) is 0. The minimum atomic E-state index is 0.913. The Morgan fingerprint density at radius 1 is 0.649 bits per heavy atom. The molecule has 0 saturated heterocycles. The third kappa shape index (κ3) is 9.68. The molecule has 206 valence electrons. The third-order valence-electron chi connectivity index (χ3n) is 6.84. The Kier molecular flexibility index (Phi) is 14.2. The van der Waals surface area contributed by atoms with Crippen molar-refractivity contribution in [2.45, 2.75) is 117 Å². The van der Waals surface area contributed by atoms with Gasteiger partial charge in [0.1, 0.15) is 0 Å². The molecule has 1 heterocycles. The number of nitrogens with zero attached hydrogens (tertiary/aromatic N) is 2. The minimum absolute atomic E-state index is 0.913. The molecule has 0 bridgehead atoms. The van der Waals surface area contributed by atoms with Gasteiger partial charge in [-0.25, -0.2) is 4.70 Å². The van der Waals surface area contributed by atoms with Crippen LogP contribution >= 0.6 is 0 Å². The van der Waals surface area contributed by atoms with E-state index in [1.165, 1.54) is 71.0 Å². The van der Waals surface area contributed by atoms with Crippen LogP contribution in [0.4, 0.5) is 0 Å². The molecule has 3 heteroatoms. The van der Waals surface area contributed by atoms with Crippen molar-refractivity contribution in [1.82, 2.24) is 0 Å². The van der Waals surface area contributed by atoms with Gasteiger partial charge in [-0.15, -0.1) is 0 Å². The molecule has 0 radical (unpaired) electrons. The second-order valence-corrected chi connectivity index (χ2v) is 11.5. The maximum absolute atomic E-state index is 11.5. The molecule has 0 saturated carbocycles. The molecule has 1 aliphatic rings. The predicted octanol–water partition coefficient (Wildman–Crippen LogP) is 10.9. The molecular formula is C34H50N2Ni. The standard InChI is InChI=1S/C32H44N2.2CH3.Ni/c1-6-9-12-14-26-17-24(4)19-29(21-26)31-23-28(16-11-8-3)32(34(31)33)30-20-25(5)18-27(22-30)15-13-10-7-2;;;/h17-23H,6-16H2,1-5H3;2*1H3;. The summed E-state index contributed by atoms with van der Waals surface area (Å²) in [6, 6.07) is 13.6. The van der Waals surface area contributed by atoms with Gasteiger partial charge in [0.2, 0.25) is 11.4 Å². The quantitative estimate of drug-likeness (QED) is 0.136. The normalized spacial score (nSPS) is 13.2. The molecule has 0 spiro atoms. The van der Waals surface area contributed by atoms with Gasteiger partial charge in [0.15, 0.2) is 0 Å². The number of hydrogen-bond donors (Lipinski definition) is 0.